The molecule has 3 saturated heterocycles. The van der Waals surface area contributed by atoms with Crippen LogP contribution >= 0.6 is 0 Å². The molecule has 3 fully saturated rings. The summed E-state index contributed by atoms with van der Waals surface area (Å²) in [6.07, 6.45) is 0.700. The Balaban J connectivity index is 1.48. The number of likely N-dealkylation sites (tertiary alicyclic amines) is 1. The van der Waals surface area contributed by atoms with Crippen LogP contribution in [0, 0.1) is 12.8 Å². The van der Waals surface area contributed by atoms with Crippen LogP contribution in [-0.2, 0) is 25.6 Å². The molecule has 25 heavy (non-hydrogen) atoms. The van der Waals surface area contributed by atoms with Crippen LogP contribution in [0.5, 0.6) is 0 Å². The van der Waals surface area contributed by atoms with Gasteiger partial charge in [-0.2, -0.15) is 0 Å². The minimum Gasteiger partial charge on any atom is -0.381 e. The molecule has 1 aromatic carbocycles. The van der Waals surface area contributed by atoms with Crippen molar-refractivity contribution in [1.82, 2.24) is 9.80 Å². The molecule has 134 valence electrons. The summed E-state index contributed by atoms with van der Waals surface area (Å²) < 4.78 is 11.1. The van der Waals surface area contributed by atoms with E-state index >= 15 is 0 Å². The Bertz CT molecular complexity index is 671. The van der Waals surface area contributed by atoms with Crippen molar-refractivity contribution in [2.45, 2.75) is 32.0 Å². The Morgan fingerprint density at radius 3 is 2.96 bits per heavy atom. The molecular weight excluding hydrogens is 320 g/mol. The van der Waals surface area contributed by atoms with E-state index in [9.17, 15) is 9.59 Å². The molecule has 0 aliphatic carbocycles. The number of benzene rings is 1. The topological polar surface area (TPSA) is 59.1 Å². The van der Waals surface area contributed by atoms with Gasteiger partial charge in [-0.1, -0.05) is 29.8 Å². The Labute approximate surface area is 147 Å². The molecule has 0 aromatic heterocycles. The van der Waals surface area contributed by atoms with Crippen LogP contribution in [0.4, 0.5) is 0 Å². The molecular formula is C19H24N2O4. The van der Waals surface area contributed by atoms with E-state index in [0.717, 1.165) is 12.0 Å². The number of ether oxygens (including phenoxy) is 2. The van der Waals surface area contributed by atoms with Crippen LogP contribution in [0.2, 0.25) is 0 Å². The number of rotatable bonds is 3. The van der Waals surface area contributed by atoms with Crippen molar-refractivity contribution in [1.29, 1.82) is 0 Å². The zero-order chi connectivity index (χ0) is 17.4. The largest absolute Gasteiger partial charge is 0.381 e. The number of carbonyl (C=O) groups is 2. The lowest BCUT2D eigenvalue weighted by molar-refractivity contribution is -0.153. The van der Waals surface area contributed by atoms with Crippen LogP contribution < -0.4 is 0 Å². The van der Waals surface area contributed by atoms with Crippen LogP contribution in [0.3, 0.4) is 0 Å². The van der Waals surface area contributed by atoms with Gasteiger partial charge < -0.3 is 19.3 Å². The minimum atomic E-state index is -0.0891. The van der Waals surface area contributed by atoms with Crippen LogP contribution in [-0.4, -0.2) is 66.7 Å². The second kappa shape index (κ2) is 6.77. The van der Waals surface area contributed by atoms with Gasteiger partial charge in [0.1, 0.15) is 6.61 Å². The molecule has 3 aliphatic rings. The van der Waals surface area contributed by atoms with Gasteiger partial charge in [-0.25, -0.2) is 0 Å². The second-order valence-corrected chi connectivity index (χ2v) is 7.23. The van der Waals surface area contributed by atoms with E-state index in [1.807, 2.05) is 34.9 Å². The molecule has 1 unspecified atom stereocenters. The maximum atomic E-state index is 12.7. The first-order valence-electron chi connectivity index (χ1n) is 8.95. The van der Waals surface area contributed by atoms with Crippen molar-refractivity contribution in [2.75, 3.05) is 32.9 Å². The maximum absolute atomic E-state index is 12.7. The summed E-state index contributed by atoms with van der Waals surface area (Å²) in [6, 6.07) is 8.14. The third-order valence-electron chi connectivity index (χ3n) is 5.40. The van der Waals surface area contributed by atoms with Crippen molar-refractivity contribution in [2.24, 2.45) is 5.92 Å². The fourth-order valence-electron chi connectivity index (χ4n) is 4.05. The lowest BCUT2D eigenvalue weighted by Gasteiger charge is -2.36. The second-order valence-electron chi connectivity index (χ2n) is 7.23. The van der Waals surface area contributed by atoms with Gasteiger partial charge in [-0.3, -0.25) is 9.59 Å². The summed E-state index contributed by atoms with van der Waals surface area (Å²) in [6.45, 7) is 5.01. The van der Waals surface area contributed by atoms with Gasteiger partial charge in [-0.15, -0.1) is 0 Å². The number of amides is 2. The molecule has 3 atom stereocenters. The molecule has 6 nitrogen and oxygen atoms in total. The van der Waals surface area contributed by atoms with Gasteiger partial charge in [-0.05, 0) is 18.9 Å². The van der Waals surface area contributed by atoms with E-state index in [1.165, 1.54) is 5.56 Å². The zero-order valence-corrected chi connectivity index (χ0v) is 14.5. The highest BCUT2D eigenvalue weighted by molar-refractivity contribution is 5.81. The molecule has 4 rings (SSSR count). The Morgan fingerprint density at radius 1 is 1.32 bits per heavy atom. The molecule has 3 aliphatic heterocycles. The summed E-state index contributed by atoms with van der Waals surface area (Å²) >= 11 is 0. The van der Waals surface area contributed by atoms with E-state index in [4.69, 9.17) is 9.47 Å². The quantitative estimate of drug-likeness (QED) is 0.820. The predicted molar refractivity (Wildman–Crippen MR) is 90.8 cm³/mol. The number of nitrogens with zero attached hydrogens (tertiary/aromatic N) is 2. The SMILES string of the molecule is Cc1cccc(CN2C(=O)CO[C@H]3CN(C(=O)C4CCOC4)C[C@@H]32)c1. The lowest BCUT2D eigenvalue weighted by atomic mass is 10.1. The molecule has 6 heteroatoms. The van der Waals surface area contributed by atoms with Crippen molar-refractivity contribution < 1.29 is 19.1 Å². The van der Waals surface area contributed by atoms with E-state index in [1.54, 1.807) is 0 Å². The normalized spacial score (nSPS) is 29.2. The first kappa shape index (κ1) is 16.5. The van der Waals surface area contributed by atoms with E-state index in [2.05, 4.69) is 6.07 Å². The first-order chi connectivity index (χ1) is 12.1. The number of fused-ring (bicyclic) bond motifs is 1. The van der Waals surface area contributed by atoms with Crippen molar-refractivity contribution in [3.05, 3.63) is 35.4 Å². The van der Waals surface area contributed by atoms with E-state index in [-0.39, 0.29) is 36.5 Å². The maximum Gasteiger partial charge on any atom is 0.249 e. The van der Waals surface area contributed by atoms with Gasteiger partial charge in [0.25, 0.3) is 0 Å². The fourth-order valence-corrected chi connectivity index (χ4v) is 4.05. The summed E-state index contributed by atoms with van der Waals surface area (Å²) in [4.78, 5) is 28.9. The number of aryl methyl sites for hydroxylation is 1. The van der Waals surface area contributed by atoms with Gasteiger partial charge in [0.15, 0.2) is 0 Å². The van der Waals surface area contributed by atoms with Crippen LogP contribution in [0.1, 0.15) is 17.5 Å². The van der Waals surface area contributed by atoms with Crippen molar-refractivity contribution in [3.63, 3.8) is 0 Å². The Hall–Kier alpha value is -1.92. The average Bonchev–Trinajstić information content (AvgIpc) is 3.26. The molecule has 0 saturated carbocycles. The zero-order valence-electron chi connectivity index (χ0n) is 14.5. The summed E-state index contributed by atoms with van der Waals surface area (Å²) in [5.41, 5.74) is 2.29. The smallest absolute Gasteiger partial charge is 0.249 e. The van der Waals surface area contributed by atoms with Gasteiger partial charge >= 0.3 is 0 Å². The van der Waals surface area contributed by atoms with Crippen LogP contribution in [0.15, 0.2) is 24.3 Å². The average molecular weight is 344 g/mol. The molecule has 0 radical (unpaired) electrons. The summed E-state index contributed by atoms with van der Waals surface area (Å²) in [7, 11) is 0. The number of morpholine rings is 1. The third kappa shape index (κ3) is 3.28. The highest BCUT2D eigenvalue weighted by Gasteiger charge is 2.45. The number of hydrogen-bond acceptors (Lipinski definition) is 4. The number of hydrogen-bond donors (Lipinski definition) is 0. The Kier molecular flexibility index (Phi) is 4.48. The molecule has 0 N–H and O–H groups in total. The standard InChI is InChI=1S/C19H24N2O4/c1-13-3-2-4-14(7-13)8-21-16-9-20(10-17(16)25-12-18(21)22)19(23)15-5-6-24-11-15/h2-4,7,15-17H,5-6,8-12H2,1H3/t15?,16-,17-/m0/s1. The molecule has 0 spiro atoms. The van der Waals surface area contributed by atoms with Gasteiger partial charge in [0, 0.05) is 26.2 Å². The van der Waals surface area contributed by atoms with Crippen molar-refractivity contribution in [3.8, 4) is 0 Å². The van der Waals surface area contributed by atoms with E-state index < -0.39 is 0 Å². The molecule has 2 amide bonds. The first-order valence-corrected chi connectivity index (χ1v) is 8.95. The minimum absolute atomic E-state index is 0.00116. The monoisotopic (exact) mass is 344 g/mol. The van der Waals surface area contributed by atoms with E-state index in [0.29, 0.717) is 32.8 Å². The molecule has 0 bridgehead atoms. The fraction of sp³-hybridized carbons (Fsp3) is 0.579. The summed E-state index contributed by atoms with van der Waals surface area (Å²) in [5, 5.41) is 0. The Morgan fingerprint density at radius 2 is 2.20 bits per heavy atom. The van der Waals surface area contributed by atoms with Crippen LogP contribution in [0.25, 0.3) is 0 Å². The van der Waals surface area contributed by atoms with Crippen molar-refractivity contribution >= 4 is 11.8 Å². The van der Waals surface area contributed by atoms with Gasteiger partial charge in [0.2, 0.25) is 11.8 Å². The molecule has 3 heterocycles. The highest BCUT2D eigenvalue weighted by Crippen LogP contribution is 2.27. The number of carbonyl (C=O) groups excluding carboxylic acids is 2. The van der Waals surface area contributed by atoms with Gasteiger partial charge in [0.05, 0.1) is 24.7 Å². The third-order valence-corrected chi connectivity index (χ3v) is 5.40. The lowest BCUT2D eigenvalue weighted by Crippen LogP contribution is -2.53. The molecule has 1 aromatic rings. The summed E-state index contributed by atoms with van der Waals surface area (Å²) in [5.74, 6) is 0.0980. The predicted octanol–water partition coefficient (Wildman–Crippen LogP) is 0.970. The highest BCUT2D eigenvalue weighted by atomic mass is 16.5.